The minimum Gasteiger partial charge on any atom is -0.466 e. The number of carbonyl (C=O) groups excluding carboxylic acids is 4. The Balaban J connectivity index is 5.32. The maximum Gasteiger partial charge on any atom is 0.329 e. The van der Waals surface area contributed by atoms with Gasteiger partial charge in [0.15, 0.2) is 0 Å². The van der Waals surface area contributed by atoms with Crippen molar-refractivity contribution in [1.82, 2.24) is 4.90 Å². The van der Waals surface area contributed by atoms with Gasteiger partial charge in [-0.1, -0.05) is 256 Å². The number of carbonyl (C=O) groups is 4. The van der Waals surface area contributed by atoms with Gasteiger partial charge >= 0.3 is 11.9 Å². The molecule has 0 aliphatic carbocycles. The predicted molar refractivity (Wildman–Crippen MR) is 309 cm³/mol. The smallest absolute Gasteiger partial charge is 0.329 e. The lowest BCUT2D eigenvalue weighted by molar-refractivity contribution is -0.163. The van der Waals surface area contributed by atoms with Crippen molar-refractivity contribution < 1.29 is 28.7 Å². The number of esters is 2. The van der Waals surface area contributed by atoms with Crippen LogP contribution in [0.1, 0.15) is 323 Å². The van der Waals surface area contributed by atoms with Crippen LogP contribution in [0.3, 0.4) is 0 Å². The molecule has 418 valence electrons. The first-order valence-corrected chi connectivity index (χ1v) is 31.2. The summed E-state index contributed by atoms with van der Waals surface area (Å²) in [4.78, 5) is 56.5. The summed E-state index contributed by atoms with van der Waals surface area (Å²) < 4.78 is 11.5. The van der Waals surface area contributed by atoms with Crippen molar-refractivity contribution in [3.05, 3.63) is 48.6 Å². The normalized spacial score (nSPS) is 12.3. The summed E-state index contributed by atoms with van der Waals surface area (Å²) in [5, 5.41) is 0. The molecule has 1 atom stereocenters. The maximum absolute atomic E-state index is 14.1. The molecule has 72 heavy (non-hydrogen) atoms. The lowest BCUT2D eigenvalue weighted by Gasteiger charge is -2.29. The third-order valence-electron chi connectivity index (χ3n) is 13.9. The molecular weight excluding hydrogens is 891 g/mol. The highest BCUT2D eigenvalue weighted by atomic mass is 16.5. The van der Waals surface area contributed by atoms with Crippen molar-refractivity contribution in [2.75, 3.05) is 13.2 Å². The Kier molecular flexibility index (Phi) is 55.0. The SMILES string of the molecule is CCCCC/C=C\C/C=C\CCCCCCCCOC(=O)CC[C@@H](C(=O)OCCCCCCCC/C=C\C/C=C\CCCCC)N(C(=O)CCCCCCCCCCC)C(=O)CCCCCCCCCCC. The van der Waals surface area contributed by atoms with E-state index in [1.54, 1.807) is 0 Å². The second-order valence-electron chi connectivity index (χ2n) is 20.9. The molecule has 0 saturated heterocycles. The lowest BCUT2D eigenvalue weighted by Crippen LogP contribution is -2.49. The first kappa shape index (κ1) is 69.0. The van der Waals surface area contributed by atoms with Crippen molar-refractivity contribution in [1.29, 1.82) is 0 Å². The third-order valence-corrected chi connectivity index (χ3v) is 13.9. The van der Waals surface area contributed by atoms with Gasteiger partial charge in [0.2, 0.25) is 11.8 Å². The van der Waals surface area contributed by atoms with Crippen molar-refractivity contribution >= 4 is 23.8 Å². The van der Waals surface area contributed by atoms with E-state index in [0.717, 1.165) is 109 Å². The van der Waals surface area contributed by atoms with E-state index in [-0.39, 0.29) is 44.1 Å². The second kappa shape index (κ2) is 57.3. The van der Waals surface area contributed by atoms with Crippen LogP contribution in [0.5, 0.6) is 0 Å². The van der Waals surface area contributed by atoms with Gasteiger partial charge in [-0.3, -0.25) is 19.3 Å². The van der Waals surface area contributed by atoms with Gasteiger partial charge < -0.3 is 9.47 Å². The number of ether oxygens (including phenoxy) is 2. The molecular formula is C65H117NO6. The van der Waals surface area contributed by atoms with Crippen LogP contribution in [0.2, 0.25) is 0 Å². The molecule has 0 heterocycles. The Bertz CT molecular complexity index is 1300. The molecule has 7 nitrogen and oxygen atoms in total. The standard InChI is InChI=1S/C65H117NO6/c1-5-9-13-17-21-25-27-29-31-33-35-37-41-45-49-53-59-71-64(69)58-57-61(65(70)72-60-54-50-46-42-38-36-34-32-30-28-26-22-18-14-10-6-2)66(62(67)55-51-47-43-39-23-19-15-11-7-3)63(68)56-52-48-44-40-24-20-16-12-8-4/h21-22,25-26,29-32,61H,5-20,23-24,27-28,33-60H2,1-4H3/b25-21-,26-22-,31-29-,32-30-/t61-/m0/s1. The molecule has 0 radical (unpaired) electrons. The number of hydrogen-bond donors (Lipinski definition) is 0. The molecule has 0 bridgehead atoms. The first-order chi connectivity index (χ1) is 35.4. The van der Waals surface area contributed by atoms with E-state index in [1.165, 1.54) is 153 Å². The van der Waals surface area contributed by atoms with E-state index in [2.05, 4.69) is 76.3 Å². The molecule has 0 unspecified atom stereocenters. The highest BCUT2D eigenvalue weighted by Gasteiger charge is 2.35. The highest BCUT2D eigenvalue weighted by molar-refractivity contribution is 5.99. The predicted octanol–water partition coefficient (Wildman–Crippen LogP) is 20.0. The van der Waals surface area contributed by atoms with E-state index in [1.807, 2.05) is 0 Å². The fourth-order valence-corrected chi connectivity index (χ4v) is 9.22. The molecule has 0 fully saturated rings. The molecule has 7 heteroatoms. The average molecular weight is 1010 g/mol. The Labute approximate surface area is 446 Å². The fraction of sp³-hybridized carbons (Fsp3) is 0.815. The van der Waals surface area contributed by atoms with Crippen LogP contribution in [0.25, 0.3) is 0 Å². The van der Waals surface area contributed by atoms with Crippen LogP contribution in [0.4, 0.5) is 0 Å². The van der Waals surface area contributed by atoms with E-state index >= 15 is 0 Å². The molecule has 0 saturated carbocycles. The van der Waals surface area contributed by atoms with Gasteiger partial charge in [0, 0.05) is 19.3 Å². The molecule has 0 rings (SSSR count). The summed E-state index contributed by atoms with van der Waals surface area (Å²) in [6, 6.07) is -1.12. The zero-order valence-electron chi connectivity index (χ0n) is 48.0. The summed E-state index contributed by atoms with van der Waals surface area (Å²) in [6.45, 7) is 9.54. The Morgan fingerprint density at radius 1 is 0.333 bits per heavy atom. The van der Waals surface area contributed by atoms with Gasteiger partial charge in [-0.2, -0.15) is 0 Å². The molecule has 0 aliphatic heterocycles. The number of rotatable bonds is 55. The zero-order valence-corrected chi connectivity index (χ0v) is 48.0. The van der Waals surface area contributed by atoms with Crippen LogP contribution in [-0.2, 0) is 28.7 Å². The lowest BCUT2D eigenvalue weighted by atomic mass is 10.0. The number of hydrogen-bond acceptors (Lipinski definition) is 6. The van der Waals surface area contributed by atoms with E-state index in [9.17, 15) is 19.2 Å². The van der Waals surface area contributed by atoms with Crippen molar-refractivity contribution in [3.8, 4) is 0 Å². The summed E-state index contributed by atoms with van der Waals surface area (Å²) in [5.74, 6) is -1.59. The van der Waals surface area contributed by atoms with E-state index < -0.39 is 18.0 Å². The van der Waals surface area contributed by atoms with Gasteiger partial charge in [0.05, 0.1) is 13.2 Å². The van der Waals surface area contributed by atoms with Crippen LogP contribution in [0, 0.1) is 0 Å². The average Bonchev–Trinajstić information content (AvgIpc) is 3.38. The molecule has 2 amide bonds. The van der Waals surface area contributed by atoms with Crippen LogP contribution in [-0.4, -0.2) is 47.9 Å². The number of amides is 2. The zero-order chi connectivity index (χ0) is 52.5. The molecule has 0 aromatic carbocycles. The van der Waals surface area contributed by atoms with Crippen molar-refractivity contribution in [2.24, 2.45) is 0 Å². The first-order valence-electron chi connectivity index (χ1n) is 31.2. The quantitative estimate of drug-likeness (QED) is 0.0343. The highest BCUT2D eigenvalue weighted by Crippen LogP contribution is 2.20. The summed E-state index contributed by atoms with van der Waals surface area (Å²) in [7, 11) is 0. The van der Waals surface area contributed by atoms with Crippen LogP contribution >= 0.6 is 0 Å². The Morgan fingerprint density at radius 3 is 1.00 bits per heavy atom. The van der Waals surface area contributed by atoms with Gasteiger partial charge in [-0.15, -0.1) is 0 Å². The fourth-order valence-electron chi connectivity index (χ4n) is 9.22. The summed E-state index contributed by atoms with van der Waals surface area (Å²) in [5.41, 5.74) is 0. The molecule has 0 aromatic rings. The topological polar surface area (TPSA) is 90.0 Å². The minimum absolute atomic E-state index is 0.0258. The largest absolute Gasteiger partial charge is 0.466 e. The number of nitrogens with zero attached hydrogens (tertiary/aromatic N) is 1. The molecule has 0 aromatic heterocycles. The third kappa shape index (κ3) is 48.0. The number of imide groups is 1. The molecule has 0 aliphatic rings. The molecule has 0 spiro atoms. The van der Waals surface area contributed by atoms with Crippen LogP contribution < -0.4 is 0 Å². The van der Waals surface area contributed by atoms with E-state index in [0.29, 0.717) is 19.4 Å². The number of allylic oxidation sites excluding steroid dienone is 8. The number of unbranched alkanes of at least 4 members (excludes halogenated alkanes) is 34. The van der Waals surface area contributed by atoms with E-state index in [4.69, 9.17) is 9.47 Å². The molecule has 0 N–H and O–H groups in total. The van der Waals surface area contributed by atoms with Crippen molar-refractivity contribution in [2.45, 2.75) is 329 Å². The summed E-state index contributed by atoms with van der Waals surface area (Å²) >= 11 is 0. The monoisotopic (exact) mass is 1010 g/mol. The van der Waals surface area contributed by atoms with Gasteiger partial charge in [-0.25, -0.2) is 4.79 Å². The summed E-state index contributed by atoms with van der Waals surface area (Å²) in [6.07, 6.45) is 66.1. The second-order valence-corrected chi connectivity index (χ2v) is 20.9. The Hall–Kier alpha value is -2.96. The van der Waals surface area contributed by atoms with Gasteiger partial charge in [-0.05, 0) is 96.3 Å². The van der Waals surface area contributed by atoms with Crippen LogP contribution in [0.15, 0.2) is 48.6 Å². The maximum atomic E-state index is 14.1. The Morgan fingerprint density at radius 2 is 0.625 bits per heavy atom. The van der Waals surface area contributed by atoms with Crippen molar-refractivity contribution in [3.63, 3.8) is 0 Å². The minimum atomic E-state index is -1.12. The van der Waals surface area contributed by atoms with Gasteiger partial charge in [0.1, 0.15) is 6.04 Å². The van der Waals surface area contributed by atoms with Gasteiger partial charge in [0.25, 0.3) is 0 Å².